The van der Waals surface area contributed by atoms with Crippen LogP contribution in [0.5, 0.6) is 0 Å². The van der Waals surface area contributed by atoms with Gasteiger partial charge in [0, 0.05) is 16.6 Å². The lowest BCUT2D eigenvalue weighted by molar-refractivity contribution is -0.384. The first kappa shape index (κ1) is 14.9. The van der Waals surface area contributed by atoms with E-state index in [2.05, 4.69) is 21.2 Å². The summed E-state index contributed by atoms with van der Waals surface area (Å²) in [5, 5.41) is 22.6. The fraction of sp³-hybridized carbons (Fsp3) is 0. The number of carbonyl (C=O) groups is 1. The van der Waals surface area contributed by atoms with Gasteiger partial charge >= 0.3 is 5.97 Å². The number of carboxylic acid groups (broad SMARTS) is 1. The van der Waals surface area contributed by atoms with Crippen LogP contribution in [-0.4, -0.2) is 16.0 Å². The van der Waals surface area contributed by atoms with Gasteiger partial charge in [-0.15, -0.1) is 0 Å². The minimum atomic E-state index is -1.25. The van der Waals surface area contributed by atoms with E-state index < -0.39 is 16.7 Å². The van der Waals surface area contributed by atoms with E-state index >= 15 is 0 Å². The van der Waals surface area contributed by atoms with E-state index in [-0.39, 0.29) is 22.6 Å². The Hall–Kier alpha value is -2.48. The first-order valence-corrected chi connectivity index (χ1v) is 6.41. The second-order valence-electron chi connectivity index (χ2n) is 4.04. The summed E-state index contributed by atoms with van der Waals surface area (Å²) in [4.78, 5) is 21.3. The van der Waals surface area contributed by atoms with Crippen molar-refractivity contribution in [2.24, 2.45) is 0 Å². The molecule has 8 heteroatoms. The number of nitro benzene ring substituents is 1. The maximum atomic E-state index is 13.2. The van der Waals surface area contributed by atoms with Gasteiger partial charge in [0.25, 0.3) is 5.69 Å². The minimum Gasteiger partial charge on any atom is -0.478 e. The lowest BCUT2D eigenvalue weighted by Gasteiger charge is -2.11. The molecule has 2 aromatic rings. The fourth-order valence-electron chi connectivity index (χ4n) is 1.67. The van der Waals surface area contributed by atoms with Crippen LogP contribution in [0.1, 0.15) is 10.4 Å². The van der Waals surface area contributed by atoms with Gasteiger partial charge < -0.3 is 10.4 Å². The summed E-state index contributed by atoms with van der Waals surface area (Å²) in [6.45, 7) is 0. The number of non-ortho nitro benzene ring substituents is 1. The summed E-state index contributed by atoms with van der Waals surface area (Å²) >= 11 is 3.19. The van der Waals surface area contributed by atoms with Crippen LogP contribution in [0.3, 0.4) is 0 Å². The summed E-state index contributed by atoms with van der Waals surface area (Å²) in [5.41, 5.74) is -0.159. The number of hydrogen-bond acceptors (Lipinski definition) is 4. The van der Waals surface area contributed by atoms with E-state index in [1.165, 1.54) is 12.1 Å². The van der Waals surface area contributed by atoms with Gasteiger partial charge in [0.1, 0.15) is 5.82 Å². The SMILES string of the molecule is O=C(O)c1ccc([N+](=O)[O-])cc1Nc1cc(F)ccc1Br. The summed E-state index contributed by atoms with van der Waals surface area (Å²) in [5.74, 6) is -1.78. The third-order valence-electron chi connectivity index (χ3n) is 2.64. The van der Waals surface area contributed by atoms with Crippen molar-refractivity contribution in [1.82, 2.24) is 0 Å². The summed E-state index contributed by atoms with van der Waals surface area (Å²) < 4.78 is 13.7. The molecule has 2 N–H and O–H groups in total. The van der Waals surface area contributed by atoms with Crippen molar-refractivity contribution in [3.05, 3.63) is 62.4 Å². The van der Waals surface area contributed by atoms with Crippen molar-refractivity contribution in [3.8, 4) is 0 Å². The largest absolute Gasteiger partial charge is 0.478 e. The highest BCUT2D eigenvalue weighted by Gasteiger charge is 2.16. The topological polar surface area (TPSA) is 92.5 Å². The molecule has 0 aliphatic carbocycles. The van der Waals surface area contributed by atoms with Crippen LogP contribution in [0.15, 0.2) is 40.9 Å². The molecule has 0 saturated carbocycles. The van der Waals surface area contributed by atoms with Crippen LogP contribution in [0.4, 0.5) is 21.5 Å². The molecular formula is C13H8BrFN2O4. The molecule has 0 unspecified atom stereocenters. The number of nitrogens with one attached hydrogen (secondary N) is 1. The molecule has 108 valence electrons. The maximum absolute atomic E-state index is 13.2. The van der Waals surface area contributed by atoms with Gasteiger partial charge in [0.05, 0.1) is 21.9 Å². The molecule has 0 spiro atoms. The summed E-state index contributed by atoms with van der Waals surface area (Å²) in [6, 6.07) is 7.11. The van der Waals surface area contributed by atoms with E-state index in [9.17, 15) is 19.3 Å². The van der Waals surface area contributed by atoms with Gasteiger partial charge in [-0.3, -0.25) is 10.1 Å². The molecule has 2 rings (SSSR count). The number of halogens is 2. The van der Waals surface area contributed by atoms with E-state index in [4.69, 9.17) is 5.11 Å². The summed E-state index contributed by atoms with van der Waals surface area (Å²) in [7, 11) is 0. The average molecular weight is 355 g/mol. The molecule has 6 nitrogen and oxygen atoms in total. The van der Waals surface area contributed by atoms with Crippen molar-refractivity contribution in [2.75, 3.05) is 5.32 Å². The van der Waals surface area contributed by atoms with Crippen molar-refractivity contribution >= 4 is 39.0 Å². The van der Waals surface area contributed by atoms with Gasteiger partial charge in [0.2, 0.25) is 0 Å². The highest BCUT2D eigenvalue weighted by atomic mass is 79.9. The number of benzene rings is 2. The lowest BCUT2D eigenvalue weighted by Crippen LogP contribution is -2.04. The molecule has 2 aromatic carbocycles. The molecule has 0 atom stereocenters. The first-order chi connectivity index (χ1) is 9.88. The highest BCUT2D eigenvalue weighted by Crippen LogP contribution is 2.30. The smallest absolute Gasteiger partial charge is 0.337 e. The van der Waals surface area contributed by atoms with Crippen molar-refractivity contribution in [3.63, 3.8) is 0 Å². The first-order valence-electron chi connectivity index (χ1n) is 5.62. The van der Waals surface area contributed by atoms with Crippen LogP contribution in [-0.2, 0) is 0 Å². The Bertz CT molecular complexity index is 736. The number of carboxylic acids is 1. The van der Waals surface area contributed by atoms with E-state index in [0.717, 1.165) is 24.3 Å². The minimum absolute atomic E-state index is 0.00278. The molecule has 0 bridgehead atoms. The predicted molar refractivity (Wildman–Crippen MR) is 77.4 cm³/mol. The molecule has 0 aromatic heterocycles. The Labute approximate surface area is 126 Å². The van der Waals surface area contributed by atoms with E-state index in [1.54, 1.807) is 0 Å². The van der Waals surface area contributed by atoms with Gasteiger partial charge in [-0.05, 0) is 40.2 Å². The van der Waals surface area contributed by atoms with Crippen LogP contribution in [0, 0.1) is 15.9 Å². The molecule has 0 heterocycles. The van der Waals surface area contributed by atoms with Crippen molar-refractivity contribution < 1.29 is 19.2 Å². The number of nitrogens with zero attached hydrogens (tertiary/aromatic N) is 1. The molecule has 21 heavy (non-hydrogen) atoms. The maximum Gasteiger partial charge on any atom is 0.337 e. The van der Waals surface area contributed by atoms with Crippen LogP contribution < -0.4 is 5.32 Å². The standard InChI is InChI=1S/C13H8BrFN2O4/c14-10-4-1-7(15)5-12(10)16-11-6-8(17(20)21)2-3-9(11)13(18)19/h1-6,16H,(H,18,19). The highest BCUT2D eigenvalue weighted by molar-refractivity contribution is 9.10. The second-order valence-corrected chi connectivity index (χ2v) is 4.90. The van der Waals surface area contributed by atoms with Crippen molar-refractivity contribution in [2.45, 2.75) is 0 Å². The number of nitro groups is 1. The third kappa shape index (κ3) is 3.34. The van der Waals surface area contributed by atoms with Gasteiger partial charge in [-0.2, -0.15) is 0 Å². The molecular weight excluding hydrogens is 347 g/mol. The Morgan fingerprint density at radius 2 is 1.95 bits per heavy atom. The zero-order chi connectivity index (χ0) is 15.6. The Morgan fingerprint density at radius 3 is 2.57 bits per heavy atom. The lowest BCUT2D eigenvalue weighted by atomic mass is 10.1. The average Bonchev–Trinajstić information content (AvgIpc) is 2.42. The van der Waals surface area contributed by atoms with E-state index in [0.29, 0.717) is 4.47 Å². The van der Waals surface area contributed by atoms with Crippen LogP contribution >= 0.6 is 15.9 Å². The van der Waals surface area contributed by atoms with Crippen LogP contribution in [0.25, 0.3) is 0 Å². The molecule has 0 saturated heterocycles. The number of hydrogen-bond donors (Lipinski definition) is 2. The molecule has 0 amide bonds. The zero-order valence-corrected chi connectivity index (χ0v) is 11.9. The Kier molecular flexibility index (Phi) is 4.18. The quantitative estimate of drug-likeness (QED) is 0.640. The van der Waals surface area contributed by atoms with Gasteiger partial charge in [-0.1, -0.05) is 0 Å². The number of anilines is 2. The Morgan fingerprint density at radius 1 is 1.24 bits per heavy atom. The van der Waals surface area contributed by atoms with Gasteiger partial charge in [0.15, 0.2) is 0 Å². The molecule has 0 aliphatic heterocycles. The monoisotopic (exact) mass is 354 g/mol. The molecule has 0 aliphatic rings. The normalized spacial score (nSPS) is 10.2. The third-order valence-corrected chi connectivity index (χ3v) is 3.33. The van der Waals surface area contributed by atoms with Crippen molar-refractivity contribution in [1.29, 1.82) is 0 Å². The second kappa shape index (κ2) is 5.88. The zero-order valence-electron chi connectivity index (χ0n) is 10.3. The predicted octanol–water partition coefficient (Wildman–Crippen LogP) is 3.94. The summed E-state index contributed by atoms with van der Waals surface area (Å²) in [6.07, 6.45) is 0. The van der Waals surface area contributed by atoms with Gasteiger partial charge in [-0.25, -0.2) is 9.18 Å². The molecule has 0 fully saturated rings. The number of rotatable bonds is 4. The molecule has 0 radical (unpaired) electrons. The Balaban J connectivity index is 2.50. The number of aromatic carboxylic acids is 1. The van der Waals surface area contributed by atoms with E-state index in [1.807, 2.05) is 0 Å². The van der Waals surface area contributed by atoms with Crippen LogP contribution in [0.2, 0.25) is 0 Å². The fourth-order valence-corrected chi connectivity index (χ4v) is 2.02.